The molecule has 0 aliphatic heterocycles. The second kappa shape index (κ2) is 5.51. The molecule has 0 saturated heterocycles. The van der Waals surface area contributed by atoms with Gasteiger partial charge < -0.3 is 0 Å². The molecule has 0 radical (unpaired) electrons. The minimum Gasteiger partial charge on any atom is -0.265 e. The summed E-state index contributed by atoms with van der Waals surface area (Å²) in [5.41, 5.74) is 1.44. The molecule has 0 bridgehead atoms. The largest absolute Gasteiger partial charge is 0.303 e. The molecule has 7 nitrogen and oxygen atoms in total. The number of pyridine rings is 1. The normalized spacial score (nSPS) is 12.3. The summed E-state index contributed by atoms with van der Waals surface area (Å²) in [4.78, 5) is 25.4. The highest BCUT2D eigenvalue weighted by Crippen LogP contribution is 2.03. The third kappa shape index (κ3) is 2.52. The number of hydrogen-bond acceptors (Lipinski definition) is 5. The van der Waals surface area contributed by atoms with E-state index < -0.39 is 0 Å². The SMILES string of the molecule is Cc1ccnc2nc(C(=O)n3ccccc3=NC(C)C)nn12. The molecule has 22 heavy (non-hydrogen) atoms. The molecular weight excluding hydrogens is 280 g/mol. The summed E-state index contributed by atoms with van der Waals surface area (Å²) in [5.74, 6) is 0.172. The van der Waals surface area contributed by atoms with Gasteiger partial charge in [-0.05, 0) is 39.0 Å². The zero-order valence-corrected chi connectivity index (χ0v) is 12.6. The highest BCUT2D eigenvalue weighted by molar-refractivity contribution is 5.92. The average molecular weight is 296 g/mol. The van der Waals surface area contributed by atoms with E-state index in [2.05, 4.69) is 20.1 Å². The first-order valence-electron chi connectivity index (χ1n) is 7.01. The fourth-order valence-electron chi connectivity index (χ4n) is 2.08. The van der Waals surface area contributed by atoms with E-state index in [0.717, 1.165) is 5.69 Å². The van der Waals surface area contributed by atoms with E-state index >= 15 is 0 Å². The lowest BCUT2D eigenvalue weighted by molar-refractivity contribution is 0.0944. The highest BCUT2D eigenvalue weighted by atomic mass is 16.2. The van der Waals surface area contributed by atoms with Crippen LogP contribution in [0, 0.1) is 6.92 Å². The number of fused-ring (bicyclic) bond motifs is 1. The first-order valence-corrected chi connectivity index (χ1v) is 7.01. The summed E-state index contributed by atoms with van der Waals surface area (Å²) in [6.07, 6.45) is 3.30. The highest BCUT2D eigenvalue weighted by Gasteiger charge is 2.16. The number of carbonyl (C=O) groups excluding carboxylic acids is 1. The number of aromatic nitrogens is 5. The molecule has 0 amide bonds. The van der Waals surface area contributed by atoms with E-state index in [-0.39, 0.29) is 17.8 Å². The van der Waals surface area contributed by atoms with Crippen molar-refractivity contribution in [3.63, 3.8) is 0 Å². The van der Waals surface area contributed by atoms with Gasteiger partial charge in [0.2, 0.25) is 5.82 Å². The predicted octanol–water partition coefficient (Wildman–Crippen LogP) is 1.23. The van der Waals surface area contributed by atoms with Crippen molar-refractivity contribution < 1.29 is 4.79 Å². The third-order valence-electron chi connectivity index (χ3n) is 3.07. The Hall–Kier alpha value is -2.83. The molecule has 0 aliphatic carbocycles. The first-order chi connectivity index (χ1) is 10.6. The lowest BCUT2D eigenvalue weighted by atomic mass is 10.4. The van der Waals surface area contributed by atoms with Crippen LogP contribution in [-0.4, -0.2) is 36.1 Å². The molecule has 3 aromatic heterocycles. The maximum absolute atomic E-state index is 12.7. The lowest BCUT2D eigenvalue weighted by Crippen LogP contribution is -2.28. The molecule has 0 spiro atoms. The summed E-state index contributed by atoms with van der Waals surface area (Å²) in [5, 5.41) is 4.24. The molecule has 0 aliphatic rings. The van der Waals surface area contributed by atoms with Crippen LogP contribution in [0.2, 0.25) is 0 Å². The number of rotatable bonds is 2. The van der Waals surface area contributed by atoms with Gasteiger partial charge >= 0.3 is 5.91 Å². The number of nitrogens with zero attached hydrogens (tertiary/aromatic N) is 6. The van der Waals surface area contributed by atoms with Crippen LogP contribution in [0.25, 0.3) is 5.78 Å². The second-order valence-electron chi connectivity index (χ2n) is 5.19. The predicted molar refractivity (Wildman–Crippen MR) is 80.4 cm³/mol. The van der Waals surface area contributed by atoms with E-state index in [4.69, 9.17) is 0 Å². The van der Waals surface area contributed by atoms with Crippen LogP contribution in [0.1, 0.15) is 30.2 Å². The van der Waals surface area contributed by atoms with Crippen molar-refractivity contribution in [1.82, 2.24) is 24.1 Å². The van der Waals surface area contributed by atoms with Crippen LogP contribution in [-0.2, 0) is 0 Å². The molecule has 7 heteroatoms. The van der Waals surface area contributed by atoms with E-state index in [0.29, 0.717) is 11.3 Å². The average Bonchev–Trinajstić information content (AvgIpc) is 2.92. The minimum atomic E-state index is -0.329. The van der Waals surface area contributed by atoms with E-state index in [1.165, 1.54) is 4.57 Å². The smallest absolute Gasteiger partial charge is 0.265 e. The summed E-state index contributed by atoms with van der Waals surface area (Å²) < 4.78 is 3.00. The van der Waals surface area contributed by atoms with Gasteiger partial charge in [-0.3, -0.25) is 14.4 Å². The summed E-state index contributed by atoms with van der Waals surface area (Å²) in [7, 11) is 0. The molecular formula is C15H16N6O. The van der Waals surface area contributed by atoms with Crippen LogP contribution in [0.5, 0.6) is 0 Å². The Balaban J connectivity index is 2.13. The monoisotopic (exact) mass is 296 g/mol. The van der Waals surface area contributed by atoms with Crippen LogP contribution in [0.3, 0.4) is 0 Å². The topological polar surface area (TPSA) is 77.4 Å². The Morgan fingerprint density at radius 1 is 1.27 bits per heavy atom. The standard InChI is InChI=1S/C15H16N6O/c1-10(2)17-12-6-4-5-9-20(12)14(22)13-18-15-16-8-7-11(3)21(15)19-13/h4-10H,1-3H3. The summed E-state index contributed by atoms with van der Waals surface area (Å²) >= 11 is 0. The number of aryl methyl sites for hydroxylation is 1. The van der Waals surface area contributed by atoms with Gasteiger partial charge in [0, 0.05) is 24.1 Å². The van der Waals surface area contributed by atoms with E-state index in [1.54, 1.807) is 29.0 Å². The Labute approximate surface area is 127 Å². The van der Waals surface area contributed by atoms with Crippen LogP contribution >= 0.6 is 0 Å². The van der Waals surface area contributed by atoms with Crippen molar-refractivity contribution in [3.05, 3.63) is 53.7 Å². The van der Waals surface area contributed by atoms with Gasteiger partial charge in [-0.15, -0.1) is 5.10 Å². The van der Waals surface area contributed by atoms with Gasteiger partial charge in [0.15, 0.2) is 0 Å². The molecule has 0 fully saturated rings. The second-order valence-corrected chi connectivity index (χ2v) is 5.19. The minimum absolute atomic E-state index is 0.0828. The Morgan fingerprint density at radius 2 is 2.09 bits per heavy atom. The van der Waals surface area contributed by atoms with Crippen molar-refractivity contribution in [2.45, 2.75) is 26.8 Å². The Kier molecular flexibility index (Phi) is 3.54. The van der Waals surface area contributed by atoms with Gasteiger partial charge in [-0.25, -0.2) is 9.50 Å². The van der Waals surface area contributed by atoms with Crippen LogP contribution < -0.4 is 5.49 Å². The lowest BCUT2D eigenvalue weighted by Gasteiger charge is -2.04. The fourth-order valence-corrected chi connectivity index (χ4v) is 2.08. The Morgan fingerprint density at radius 3 is 2.82 bits per heavy atom. The molecule has 0 atom stereocenters. The van der Waals surface area contributed by atoms with Gasteiger partial charge in [-0.2, -0.15) is 4.98 Å². The molecule has 0 aromatic carbocycles. The summed E-state index contributed by atoms with van der Waals surface area (Å²) in [6, 6.07) is 7.30. The van der Waals surface area contributed by atoms with Crippen molar-refractivity contribution in [2.24, 2.45) is 4.99 Å². The van der Waals surface area contributed by atoms with Gasteiger partial charge in [-0.1, -0.05) is 6.07 Å². The zero-order valence-electron chi connectivity index (χ0n) is 12.6. The molecule has 3 heterocycles. The van der Waals surface area contributed by atoms with E-state index in [1.807, 2.05) is 32.9 Å². The zero-order chi connectivity index (χ0) is 15.7. The fraction of sp³-hybridized carbons (Fsp3) is 0.267. The molecule has 0 unspecified atom stereocenters. The van der Waals surface area contributed by atoms with Gasteiger partial charge in [0.05, 0.1) is 0 Å². The number of hydrogen-bond donors (Lipinski definition) is 0. The Bertz CT molecular complexity index is 906. The van der Waals surface area contributed by atoms with Gasteiger partial charge in [0.25, 0.3) is 5.78 Å². The van der Waals surface area contributed by atoms with Crippen molar-refractivity contribution in [1.29, 1.82) is 0 Å². The van der Waals surface area contributed by atoms with Crippen molar-refractivity contribution >= 4 is 11.7 Å². The van der Waals surface area contributed by atoms with Crippen molar-refractivity contribution in [3.8, 4) is 0 Å². The van der Waals surface area contributed by atoms with Crippen LogP contribution in [0.4, 0.5) is 0 Å². The molecule has 0 saturated carbocycles. The first kappa shape index (κ1) is 14.1. The summed E-state index contributed by atoms with van der Waals surface area (Å²) in [6.45, 7) is 5.79. The molecule has 3 aromatic rings. The van der Waals surface area contributed by atoms with Crippen LogP contribution in [0.15, 0.2) is 41.7 Å². The number of carbonyl (C=O) groups is 1. The van der Waals surface area contributed by atoms with Crippen molar-refractivity contribution in [2.75, 3.05) is 0 Å². The van der Waals surface area contributed by atoms with E-state index in [9.17, 15) is 4.79 Å². The molecule has 112 valence electrons. The maximum Gasteiger partial charge on any atom is 0.303 e. The quantitative estimate of drug-likeness (QED) is 0.712. The third-order valence-corrected chi connectivity index (χ3v) is 3.07. The van der Waals surface area contributed by atoms with Gasteiger partial charge in [0.1, 0.15) is 5.49 Å². The maximum atomic E-state index is 12.7. The molecule has 3 rings (SSSR count). The molecule has 0 N–H and O–H groups in total.